The number of carbonyl (C=O) groups is 1. The molecule has 3 nitrogen and oxygen atoms in total. The number of piperidine rings is 1. The van der Waals surface area contributed by atoms with Crippen LogP contribution in [-0.4, -0.2) is 35.6 Å². The van der Waals surface area contributed by atoms with Gasteiger partial charge in [0.25, 0.3) is 5.91 Å². The largest absolute Gasteiger partial charge is 0.396 e. The van der Waals surface area contributed by atoms with Gasteiger partial charge in [-0.2, -0.15) is 0 Å². The number of hydrogen-bond acceptors (Lipinski definition) is 3. The van der Waals surface area contributed by atoms with Crippen LogP contribution in [0.25, 0.3) is 0 Å². The van der Waals surface area contributed by atoms with Crippen molar-refractivity contribution in [3.8, 4) is 0 Å². The molecule has 1 aromatic heterocycles. The lowest BCUT2D eigenvalue weighted by Crippen LogP contribution is -2.40. The van der Waals surface area contributed by atoms with Crippen molar-refractivity contribution in [2.45, 2.75) is 12.8 Å². The van der Waals surface area contributed by atoms with Gasteiger partial charge < -0.3 is 10.0 Å². The van der Waals surface area contributed by atoms with Gasteiger partial charge in [-0.05, 0) is 30.2 Å². The molecule has 1 N–H and O–H groups in total. The summed E-state index contributed by atoms with van der Waals surface area (Å²) in [6.45, 7) is 1.72. The summed E-state index contributed by atoms with van der Waals surface area (Å²) in [4.78, 5) is 14.6. The van der Waals surface area contributed by atoms with Crippen molar-refractivity contribution >= 4 is 17.2 Å². The Labute approximate surface area is 93.3 Å². The highest BCUT2D eigenvalue weighted by atomic mass is 32.1. The first-order valence-electron chi connectivity index (χ1n) is 5.25. The molecule has 0 aromatic carbocycles. The summed E-state index contributed by atoms with van der Waals surface area (Å²) in [6.07, 6.45) is 2.03. The van der Waals surface area contributed by atoms with E-state index in [1.54, 1.807) is 0 Å². The van der Waals surface area contributed by atoms with Gasteiger partial charge in [0.15, 0.2) is 0 Å². The zero-order valence-corrected chi connectivity index (χ0v) is 9.37. The number of amides is 1. The SMILES string of the molecule is O=C(c1cccs1)N1CCC[C@@H](CO)C1. The van der Waals surface area contributed by atoms with Gasteiger partial charge in [0.2, 0.25) is 0 Å². The summed E-state index contributed by atoms with van der Waals surface area (Å²) in [5, 5.41) is 11.0. The number of likely N-dealkylation sites (tertiary alicyclic amines) is 1. The lowest BCUT2D eigenvalue weighted by molar-refractivity contribution is 0.0625. The molecule has 1 aliphatic heterocycles. The normalized spacial score (nSPS) is 21.7. The van der Waals surface area contributed by atoms with E-state index >= 15 is 0 Å². The predicted octanol–water partition coefficient (Wildman–Crippen LogP) is 1.59. The number of aliphatic hydroxyl groups is 1. The first-order valence-corrected chi connectivity index (χ1v) is 6.13. The van der Waals surface area contributed by atoms with E-state index in [-0.39, 0.29) is 18.4 Å². The molecule has 0 aliphatic carbocycles. The minimum absolute atomic E-state index is 0.114. The topological polar surface area (TPSA) is 40.5 Å². The molecule has 1 aliphatic rings. The molecule has 0 unspecified atom stereocenters. The van der Waals surface area contributed by atoms with Crippen LogP contribution in [0.4, 0.5) is 0 Å². The maximum absolute atomic E-state index is 12.0. The second kappa shape index (κ2) is 4.77. The molecule has 1 aromatic rings. The van der Waals surface area contributed by atoms with Gasteiger partial charge in [0, 0.05) is 19.7 Å². The second-order valence-electron chi connectivity index (χ2n) is 3.92. The smallest absolute Gasteiger partial charge is 0.263 e. The fourth-order valence-corrected chi connectivity index (χ4v) is 2.65. The van der Waals surface area contributed by atoms with E-state index in [2.05, 4.69) is 0 Å². The van der Waals surface area contributed by atoms with Crippen LogP contribution in [-0.2, 0) is 0 Å². The van der Waals surface area contributed by atoms with Gasteiger partial charge in [0.1, 0.15) is 0 Å². The molecular formula is C11H15NO2S. The molecular weight excluding hydrogens is 210 g/mol. The van der Waals surface area contributed by atoms with E-state index in [1.807, 2.05) is 22.4 Å². The number of aliphatic hydroxyl groups excluding tert-OH is 1. The highest BCUT2D eigenvalue weighted by molar-refractivity contribution is 7.12. The quantitative estimate of drug-likeness (QED) is 0.830. The summed E-state index contributed by atoms with van der Waals surface area (Å²) in [5.74, 6) is 0.380. The Bertz CT molecular complexity index is 323. The van der Waals surface area contributed by atoms with Gasteiger partial charge >= 0.3 is 0 Å². The Morgan fingerprint density at radius 2 is 2.53 bits per heavy atom. The Morgan fingerprint density at radius 1 is 1.67 bits per heavy atom. The van der Waals surface area contributed by atoms with Gasteiger partial charge in [0.05, 0.1) is 4.88 Å². The molecule has 0 saturated carbocycles. The fourth-order valence-electron chi connectivity index (χ4n) is 1.95. The molecule has 1 saturated heterocycles. The van der Waals surface area contributed by atoms with Crippen LogP contribution in [0.15, 0.2) is 17.5 Å². The minimum atomic E-state index is 0.114. The zero-order valence-electron chi connectivity index (χ0n) is 8.56. The van der Waals surface area contributed by atoms with Gasteiger partial charge in [-0.15, -0.1) is 11.3 Å². The van der Waals surface area contributed by atoms with Crippen molar-refractivity contribution in [3.63, 3.8) is 0 Å². The van der Waals surface area contributed by atoms with Crippen molar-refractivity contribution in [1.82, 2.24) is 4.90 Å². The number of rotatable bonds is 2. The Balaban J connectivity index is 2.01. The number of carbonyl (C=O) groups excluding carboxylic acids is 1. The minimum Gasteiger partial charge on any atom is -0.396 e. The second-order valence-corrected chi connectivity index (χ2v) is 4.87. The van der Waals surface area contributed by atoms with Gasteiger partial charge in [-0.25, -0.2) is 0 Å². The average molecular weight is 225 g/mol. The van der Waals surface area contributed by atoms with Crippen molar-refractivity contribution < 1.29 is 9.90 Å². The summed E-state index contributed by atoms with van der Waals surface area (Å²) in [5.41, 5.74) is 0. The van der Waals surface area contributed by atoms with E-state index in [0.717, 1.165) is 24.3 Å². The van der Waals surface area contributed by atoms with Crippen molar-refractivity contribution in [2.24, 2.45) is 5.92 Å². The summed E-state index contributed by atoms with van der Waals surface area (Å²) >= 11 is 1.48. The fraction of sp³-hybridized carbons (Fsp3) is 0.545. The number of hydrogen-bond donors (Lipinski definition) is 1. The van der Waals surface area contributed by atoms with Crippen molar-refractivity contribution in [2.75, 3.05) is 19.7 Å². The third-order valence-corrected chi connectivity index (χ3v) is 3.65. The van der Waals surface area contributed by atoms with Crippen LogP contribution in [0.1, 0.15) is 22.5 Å². The van der Waals surface area contributed by atoms with Crippen LogP contribution in [0, 0.1) is 5.92 Å². The molecule has 15 heavy (non-hydrogen) atoms. The highest BCUT2D eigenvalue weighted by Crippen LogP contribution is 2.19. The molecule has 2 heterocycles. The Hall–Kier alpha value is -0.870. The van der Waals surface area contributed by atoms with Gasteiger partial charge in [-0.3, -0.25) is 4.79 Å². The molecule has 2 rings (SSSR count). The van der Waals surface area contributed by atoms with Crippen LogP contribution >= 0.6 is 11.3 Å². The van der Waals surface area contributed by atoms with Crippen LogP contribution < -0.4 is 0 Å². The summed E-state index contributed by atoms with van der Waals surface area (Å²) in [6, 6.07) is 3.75. The Kier molecular flexibility index (Phi) is 3.38. The Morgan fingerprint density at radius 3 is 3.20 bits per heavy atom. The first-order chi connectivity index (χ1) is 7.31. The molecule has 0 bridgehead atoms. The number of nitrogens with zero attached hydrogens (tertiary/aromatic N) is 1. The van der Waals surface area contributed by atoms with E-state index < -0.39 is 0 Å². The van der Waals surface area contributed by atoms with E-state index in [9.17, 15) is 4.79 Å². The highest BCUT2D eigenvalue weighted by Gasteiger charge is 2.24. The van der Waals surface area contributed by atoms with Crippen molar-refractivity contribution in [3.05, 3.63) is 22.4 Å². The molecule has 0 spiro atoms. The molecule has 1 amide bonds. The molecule has 0 radical (unpaired) electrons. The van der Waals surface area contributed by atoms with Crippen LogP contribution in [0.5, 0.6) is 0 Å². The molecule has 1 fully saturated rings. The van der Waals surface area contributed by atoms with Crippen LogP contribution in [0.2, 0.25) is 0 Å². The predicted molar refractivity (Wildman–Crippen MR) is 60.0 cm³/mol. The lowest BCUT2D eigenvalue weighted by atomic mass is 9.99. The summed E-state index contributed by atoms with van der Waals surface area (Å²) in [7, 11) is 0. The summed E-state index contributed by atoms with van der Waals surface area (Å²) < 4.78 is 0. The maximum Gasteiger partial charge on any atom is 0.263 e. The lowest BCUT2D eigenvalue weighted by Gasteiger charge is -2.31. The molecule has 82 valence electrons. The zero-order chi connectivity index (χ0) is 10.7. The van der Waals surface area contributed by atoms with Gasteiger partial charge in [-0.1, -0.05) is 6.07 Å². The monoisotopic (exact) mass is 225 g/mol. The molecule has 4 heteroatoms. The van der Waals surface area contributed by atoms with Crippen molar-refractivity contribution in [1.29, 1.82) is 0 Å². The van der Waals surface area contributed by atoms with E-state index in [0.29, 0.717) is 6.54 Å². The average Bonchev–Trinajstić information content (AvgIpc) is 2.81. The third-order valence-electron chi connectivity index (χ3n) is 2.80. The maximum atomic E-state index is 12.0. The first kappa shape index (κ1) is 10.6. The van der Waals surface area contributed by atoms with Crippen LogP contribution in [0.3, 0.4) is 0 Å². The number of thiophene rings is 1. The van der Waals surface area contributed by atoms with E-state index in [4.69, 9.17) is 5.11 Å². The standard InChI is InChI=1S/C11H15NO2S/c13-8-9-3-1-5-12(7-9)11(14)10-4-2-6-15-10/h2,4,6,9,13H,1,3,5,7-8H2/t9-/m1/s1. The third kappa shape index (κ3) is 2.38. The van der Waals surface area contributed by atoms with E-state index in [1.165, 1.54) is 11.3 Å². The molecule has 1 atom stereocenters.